The number of ether oxygens (including phenoxy) is 3. The first-order valence-corrected chi connectivity index (χ1v) is 11.0. The van der Waals surface area contributed by atoms with Gasteiger partial charge in [-0.15, -0.1) is 0 Å². The van der Waals surface area contributed by atoms with E-state index in [0.717, 1.165) is 18.3 Å². The number of methoxy groups -OCH3 is 1. The molecule has 0 aliphatic carbocycles. The second kappa shape index (κ2) is 9.21. The molecule has 0 fully saturated rings. The zero-order valence-electron chi connectivity index (χ0n) is 15.7. The lowest BCUT2D eigenvalue weighted by Crippen LogP contribution is -2.04. The second-order valence-corrected chi connectivity index (χ2v) is 8.55. The van der Waals surface area contributed by atoms with Gasteiger partial charge in [-0.1, -0.05) is 18.2 Å². The molecule has 0 radical (unpaired) electrons. The van der Waals surface area contributed by atoms with Crippen LogP contribution >= 0.6 is 45.2 Å². The molecule has 0 atom stereocenters. The molecule has 0 N–H and O–H groups in total. The highest BCUT2D eigenvalue weighted by Crippen LogP contribution is 2.36. The monoisotopic (exact) mass is 627 g/mol. The maximum absolute atomic E-state index is 12.2. The second-order valence-electron chi connectivity index (χ2n) is 6.23. The van der Waals surface area contributed by atoms with Gasteiger partial charge in [0.1, 0.15) is 6.61 Å². The van der Waals surface area contributed by atoms with Crippen molar-refractivity contribution in [3.63, 3.8) is 0 Å². The summed E-state index contributed by atoms with van der Waals surface area (Å²) < 4.78 is 24.0. The van der Waals surface area contributed by atoms with Crippen molar-refractivity contribution in [2.24, 2.45) is 4.99 Å². The highest BCUT2D eigenvalue weighted by Gasteiger charge is 2.26. The van der Waals surface area contributed by atoms with E-state index in [9.17, 15) is 4.79 Å². The van der Waals surface area contributed by atoms with Crippen LogP contribution in [0.5, 0.6) is 11.5 Å². The number of esters is 1. The van der Waals surface area contributed by atoms with E-state index in [-0.39, 0.29) is 11.6 Å². The van der Waals surface area contributed by atoms with Crippen LogP contribution in [0, 0.1) is 7.14 Å². The molecule has 4 rings (SSSR count). The largest absolute Gasteiger partial charge is 0.493 e. The van der Waals surface area contributed by atoms with Crippen LogP contribution in [0.1, 0.15) is 16.9 Å². The van der Waals surface area contributed by atoms with E-state index in [4.69, 9.17) is 18.6 Å². The van der Waals surface area contributed by atoms with Gasteiger partial charge in [-0.2, -0.15) is 0 Å². The average molecular weight is 627 g/mol. The molecule has 2 aromatic carbocycles. The fraction of sp³-hybridized carbons (Fsp3) is 0.0909. The summed E-state index contributed by atoms with van der Waals surface area (Å²) >= 11 is 4.47. The molecule has 1 aliphatic heterocycles. The number of cyclic esters (lactones) is 1. The molecule has 0 unspecified atom stereocenters. The minimum atomic E-state index is -0.533. The van der Waals surface area contributed by atoms with E-state index >= 15 is 0 Å². The van der Waals surface area contributed by atoms with Crippen molar-refractivity contribution >= 4 is 63.1 Å². The Morgan fingerprint density at radius 1 is 1.10 bits per heavy atom. The summed E-state index contributed by atoms with van der Waals surface area (Å²) in [4.78, 5) is 16.4. The van der Waals surface area contributed by atoms with Gasteiger partial charge >= 0.3 is 5.97 Å². The zero-order chi connectivity index (χ0) is 21.1. The van der Waals surface area contributed by atoms with Gasteiger partial charge in [0, 0.05) is 9.13 Å². The molecule has 1 aromatic heterocycles. The fourth-order valence-electron chi connectivity index (χ4n) is 2.80. The Kier molecular flexibility index (Phi) is 6.42. The standard InChI is InChI=1S/C22H15I2NO5/c1-27-19-11-13(10-17-22(26)30-21(25-17)18-7-4-8-28-18)9-16(24)20(19)29-12-14-5-2-3-6-15(14)23/h2-11H,12H2,1H3/b17-10-. The summed E-state index contributed by atoms with van der Waals surface area (Å²) in [5, 5.41) is 0. The normalized spacial score (nSPS) is 14.6. The maximum atomic E-state index is 12.2. The Balaban J connectivity index is 1.60. The quantitative estimate of drug-likeness (QED) is 0.208. The summed E-state index contributed by atoms with van der Waals surface area (Å²) in [5.41, 5.74) is 2.02. The van der Waals surface area contributed by atoms with Crippen LogP contribution in [0.25, 0.3) is 6.08 Å². The smallest absolute Gasteiger partial charge is 0.363 e. The van der Waals surface area contributed by atoms with Crippen molar-refractivity contribution in [3.05, 3.63) is 84.5 Å². The summed E-state index contributed by atoms with van der Waals surface area (Å²) in [6.45, 7) is 0.426. The Bertz CT molecular complexity index is 1150. The maximum Gasteiger partial charge on any atom is 0.363 e. The molecule has 0 saturated carbocycles. The van der Waals surface area contributed by atoms with E-state index < -0.39 is 5.97 Å². The van der Waals surface area contributed by atoms with Crippen LogP contribution in [0.15, 0.2) is 69.9 Å². The van der Waals surface area contributed by atoms with Crippen LogP contribution in [0.2, 0.25) is 0 Å². The first-order chi connectivity index (χ1) is 14.5. The number of hydrogen-bond donors (Lipinski definition) is 0. The lowest BCUT2D eigenvalue weighted by molar-refractivity contribution is -0.130. The number of furan rings is 1. The average Bonchev–Trinajstić information content (AvgIpc) is 3.38. The van der Waals surface area contributed by atoms with E-state index in [1.54, 1.807) is 31.4 Å². The Labute approximate surface area is 200 Å². The Morgan fingerprint density at radius 2 is 1.93 bits per heavy atom. The molecule has 30 heavy (non-hydrogen) atoms. The third-order valence-corrected chi connectivity index (χ3v) is 6.09. The van der Waals surface area contributed by atoms with Crippen LogP contribution in [-0.4, -0.2) is 19.0 Å². The van der Waals surface area contributed by atoms with Crippen LogP contribution in [0.4, 0.5) is 0 Å². The zero-order valence-corrected chi connectivity index (χ0v) is 20.0. The molecule has 0 spiro atoms. The highest BCUT2D eigenvalue weighted by molar-refractivity contribution is 14.1. The van der Waals surface area contributed by atoms with Gasteiger partial charge < -0.3 is 18.6 Å². The van der Waals surface area contributed by atoms with Gasteiger partial charge in [0.15, 0.2) is 23.0 Å². The predicted molar refractivity (Wildman–Crippen MR) is 129 cm³/mol. The SMILES string of the molecule is COc1cc(/C=C2\N=C(c3ccco3)OC2=O)cc(I)c1OCc1ccccc1I. The number of nitrogens with zero attached hydrogens (tertiary/aromatic N) is 1. The number of hydrogen-bond acceptors (Lipinski definition) is 6. The minimum absolute atomic E-state index is 0.148. The minimum Gasteiger partial charge on any atom is -0.493 e. The van der Waals surface area contributed by atoms with E-state index in [2.05, 4.69) is 50.2 Å². The predicted octanol–water partition coefficient (Wildman–Crippen LogP) is 5.42. The summed E-state index contributed by atoms with van der Waals surface area (Å²) in [7, 11) is 1.58. The van der Waals surface area contributed by atoms with Crippen LogP contribution in [-0.2, 0) is 16.1 Å². The molecule has 6 nitrogen and oxygen atoms in total. The molecular weight excluding hydrogens is 612 g/mol. The van der Waals surface area contributed by atoms with E-state index in [1.807, 2.05) is 30.3 Å². The van der Waals surface area contributed by atoms with Crippen LogP contribution < -0.4 is 9.47 Å². The van der Waals surface area contributed by atoms with Crippen molar-refractivity contribution in [1.82, 2.24) is 0 Å². The first-order valence-electron chi connectivity index (χ1n) is 8.85. The summed E-state index contributed by atoms with van der Waals surface area (Å²) in [6, 6.07) is 15.1. The Hall–Kier alpha value is -2.34. The topological polar surface area (TPSA) is 70.3 Å². The van der Waals surface area contributed by atoms with Gasteiger partial charge in [-0.25, -0.2) is 9.79 Å². The molecule has 1 aliphatic rings. The number of rotatable bonds is 6. The molecule has 0 saturated heterocycles. The lowest BCUT2D eigenvalue weighted by atomic mass is 10.1. The highest BCUT2D eigenvalue weighted by atomic mass is 127. The van der Waals surface area contributed by atoms with Gasteiger partial charge in [0.2, 0.25) is 0 Å². The molecule has 8 heteroatoms. The molecule has 0 amide bonds. The molecule has 152 valence electrons. The number of carbonyl (C=O) groups is 1. The number of benzene rings is 2. The third kappa shape index (κ3) is 4.53. The van der Waals surface area contributed by atoms with Crippen molar-refractivity contribution in [2.45, 2.75) is 6.61 Å². The fourth-order valence-corrected chi connectivity index (χ4v) is 4.13. The molecule has 0 bridgehead atoms. The van der Waals surface area contributed by atoms with Gasteiger partial charge in [-0.3, -0.25) is 0 Å². The molecular formula is C22H15I2NO5. The van der Waals surface area contributed by atoms with Crippen LogP contribution in [0.3, 0.4) is 0 Å². The molecule has 3 aromatic rings. The summed E-state index contributed by atoms with van der Waals surface area (Å²) in [5.74, 6) is 1.23. The van der Waals surface area contributed by atoms with Crippen molar-refractivity contribution < 1.29 is 23.4 Å². The van der Waals surface area contributed by atoms with Crippen molar-refractivity contribution in [2.75, 3.05) is 7.11 Å². The number of carbonyl (C=O) groups excluding carboxylic acids is 1. The van der Waals surface area contributed by atoms with Crippen molar-refractivity contribution in [3.8, 4) is 11.5 Å². The van der Waals surface area contributed by atoms with Gasteiger partial charge in [0.25, 0.3) is 5.90 Å². The first kappa shape index (κ1) is 20.9. The number of halogens is 2. The van der Waals surface area contributed by atoms with Crippen molar-refractivity contribution in [1.29, 1.82) is 0 Å². The lowest BCUT2D eigenvalue weighted by Gasteiger charge is -2.14. The molecule has 2 heterocycles. The van der Waals surface area contributed by atoms with E-state index in [0.29, 0.717) is 23.9 Å². The third-order valence-electron chi connectivity index (χ3n) is 4.24. The Morgan fingerprint density at radius 3 is 2.67 bits per heavy atom. The van der Waals surface area contributed by atoms with E-state index in [1.165, 1.54) is 6.26 Å². The number of aliphatic imine (C=N–C) groups is 1. The van der Waals surface area contributed by atoms with Gasteiger partial charge in [0.05, 0.1) is 16.9 Å². The summed E-state index contributed by atoms with van der Waals surface area (Å²) in [6.07, 6.45) is 3.14. The van der Waals surface area contributed by atoms with Gasteiger partial charge in [-0.05, 0) is 87.2 Å².